The van der Waals surface area contributed by atoms with Crippen molar-refractivity contribution in [3.8, 4) is 0 Å². The zero-order valence-corrected chi connectivity index (χ0v) is 17.0. The Morgan fingerprint density at radius 1 is 0.931 bits per heavy atom. The summed E-state index contributed by atoms with van der Waals surface area (Å²) < 4.78 is 0. The van der Waals surface area contributed by atoms with Gasteiger partial charge in [-0.1, -0.05) is 42.5 Å². The number of benzene rings is 2. The fourth-order valence-electron chi connectivity index (χ4n) is 4.26. The SMILES string of the molecule is CC1=Nc2ccccc2N=C(NC(=O)C[NH+]2CCCCCC2)[C@H]1c1ccccc1. The van der Waals surface area contributed by atoms with Crippen LogP contribution in [0.5, 0.6) is 0 Å². The molecule has 1 amide bonds. The third-order valence-electron chi connectivity index (χ3n) is 5.73. The number of carbonyl (C=O) groups is 1. The molecule has 0 aliphatic carbocycles. The lowest BCUT2D eigenvalue weighted by molar-refractivity contribution is -0.891. The second kappa shape index (κ2) is 9.14. The van der Waals surface area contributed by atoms with Crippen LogP contribution in [0.15, 0.2) is 64.6 Å². The van der Waals surface area contributed by atoms with E-state index in [-0.39, 0.29) is 11.8 Å². The highest BCUT2D eigenvalue weighted by atomic mass is 16.2. The van der Waals surface area contributed by atoms with Gasteiger partial charge in [0.15, 0.2) is 6.54 Å². The predicted octanol–water partition coefficient (Wildman–Crippen LogP) is 3.18. The molecule has 2 aromatic carbocycles. The molecule has 2 heterocycles. The molecule has 0 radical (unpaired) electrons. The molecule has 0 saturated carbocycles. The molecule has 2 N–H and O–H groups in total. The highest BCUT2D eigenvalue weighted by Crippen LogP contribution is 2.34. The number of hydrogen-bond donors (Lipinski definition) is 2. The molecule has 1 saturated heterocycles. The Morgan fingerprint density at radius 2 is 1.55 bits per heavy atom. The number of carbonyl (C=O) groups excluding carboxylic acids is 1. The van der Waals surface area contributed by atoms with E-state index in [0.29, 0.717) is 12.4 Å². The van der Waals surface area contributed by atoms with Gasteiger partial charge < -0.3 is 10.2 Å². The van der Waals surface area contributed by atoms with Crippen LogP contribution in [0.2, 0.25) is 0 Å². The lowest BCUT2D eigenvalue weighted by atomic mass is 9.93. The second-order valence-corrected chi connectivity index (χ2v) is 7.97. The first-order chi connectivity index (χ1) is 14.2. The smallest absolute Gasteiger partial charge is 0.280 e. The number of rotatable bonds is 3. The number of para-hydroxylation sites is 2. The number of fused-ring (bicyclic) bond motifs is 1. The summed E-state index contributed by atoms with van der Waals surface area (Å²) in [6.45, 7) is 4.66. The van der Waals surface area contributed by atoms with Crippen LogP contribution in [0, 0.1) is 0 Å². The van der Waals surface area contributed by atoms with Crippen LogP contribution in [0.1, 0.15) is 44.1 Å². The number of amides is 1. The van der Waals surface area contributed by atoms with E-state index >= 15 is 0 Å². The van der Waals surface area contributed by atoms with E-state index in [4.69, 9.17) is 9.98 Å². The number of nitrogens with one attached hydrogen (secondary N) is 2. The average Bonchev–Trinajstić information content (AvgIpc) is 3.05. The summed E-state index contributed by atoms with van der Waals surface area (Å²) >= 11 is 0. The summed E-state index contributed by atoms with van der Waals surface area (Å²) in [6.07, 6.45) is 4.96. The Hall–Kier alpha value is -2.79. The molecular weight excluding hydrogens is 360 g/mol. The minimum Gasteiger partial charge on any atom is -0.327 e. The molecule has 0 spiro atoms. The van der Waals surface area contributed by atoms with Gasteiger partial charge in [0.1, 0.15) is 5.84 Å². The molecule has 2 aliphatic heterocycles. The molecule has 150 valence electrons. The summed E-state index contributed by atoms with van der Waals surface area (Å²) in [5.74, 6) is 0.544. The summed E-state index contributed by atoms with van der Waals surface area (Å²) in [7, 11) is 0. The maximum Gasteiger partial charge on any atom is 0.280 e. The molecule has 0 unspecified atom stereocenters. The molecule has 2 aliphatic rings. The van der Waals surface area contributed by atoms with Gasteiger partial charge in [-0.25, -0.2) is 4.99 Å². The van der Waals surface area contributed by atoms with Crippen molar-refractivity contribution >= 4 is 28.8 Å². The zero-order valence-electron chi connectivity index (χ0n) is 17.0. The molecular formula is C24H29N4O+. The molecule has 4 rings (SSSR count). The van der Waals surface area contributed by atoms with Crippen LogP contribution >= 0.6 is 0 Å². The van der Waals surface area contributed by atoms with Crippen LogP contribution in [-0.4, -0.2) is 37.1 Å². The normalized spacial score (nSPS) is 20.0. The van der Waals surface area contributed by atoms with Crippen molar-refractivity contribution < 1.29 is 9.69 Å². The number of quaternary nitrogens is 1. The van der Waals surface area contributed by atoms with Gasteiger partial charge in [-0.3, -0.25) is 9.79 Å². The van der Waals surface area contributed by atoms with Gasteiger partial charge in [-0.05, 0) is 50.3 Å². The Balaban J connectivity index is 1.63. The minimum absolute atomic E-state index is 0.0359. The first-order valence-corrected chi connectivity index (χ1v) is 10.6. The number of aliphatic imine (C=N–C) groups is 2. The van der Waals surface area contributed by atoms with Crippen molar-refractivity contribution in [3.63, 3.8) is 0 Å². The average molecular weight is 390 g/mol. The topological polar surface area (TPSA) is 58.3 Å². The van der Waals surface area contributed by atoms with Crippen LogP contribution in [0.25, 0.3) is 0 Å². The van der Waals surface area contributed by atoms with Gasteiger partial charge in [0.2, 0.25) is 0 Å². The minimum atomic E-state index is -0.160. The predicted molar refractivity (Wildman–Crippen MR) is 118 cm³/mol. The molecule has 0 aromatic heterocycles. The quantitative estimate of drug-likeness (QED) is 0.832. The van der Waals surface area contributed by atoms with Gasteiger partial charge in [-0.2, -0.15) is 0 Å². The molecule has 5 nitrogen and oxygen atoms in total. The van der Waals surface area contributed by atoms with Crippen LogP contribution < -0.4 is 10.2 Å². The maximum absolute atomic E-state index is 12.9. The van der Waals surface area contributed by atoms with Crippen molar-refractivity contribution in [2.45, 2.75) is 38.5 Å². The Labute approximate surface area is 172 Å². The van der Waals surface area contributed by atoms with E-state index < -0.39 is 0 Å². The summed E-state index contributed by atoms with van der Waals surface area (Å²) in [5, 5.41) is 3.16. The second-order valence-electron chi connectivity index (χ2n) is 7.97. The Morgan fingerprint density at radius 3 is 2.24 bits per heavy atom. The number of likely N-dealkylation sites (tertiary alicyclic amines) is 1. The van der Waals surface area contributed by atoms with E-state index in [1.54, 1.807) is 0 Å². The lowest BCUT2D eigenvalue weighted by Crippen LogP contribution is -3.13. The van der Waals surface area contributed by atoms with Gasteiger partial charge in [0, 0.05) is 5.71 Å². The number of amidine groups is 1. The van der Waals surface area contributed by atoms with Gasteiger partial charge >= 0.3 is 0 Å². The van der Waals surface area contributed by atoms with E-state index in [1.165, 1.54) is 30.6 Å². The highest BCUT2D eigenvalue weighted by molar-refractivity contribution is 6.17. The van der Waals surface area contributed by atoms with Crippen LogP contribution in [0.4, 0.5) is 11.4 Å². The van der Waals surface area contributed by atoms with Crippen molar-refractivity contribution in [2.24, 2.45) is 9.98 Å². The molecule has 0 bridgehead atoms. The maximum atomic E-state index is 12.9. The summed E-state index contributed by atoms with van der Waals surface area (Å²) in [4.78, 5) is 24.0. The molecule has 1 fully saturated rings. The first kappa shape index (κ1) is 19.5. The van der Waals surface area contributed by atoms with Crippen molar-refractivity contribution in [1.82, 2.24) is 5.32 Å². The lowest BCUT2D eigenvalue weighted by Gasteiger charge is -2.21. The number of hydrogen-bond acceptors (Lipinski definition) is 3. The van der Waals surface area contributed by atoms with Crippen molar-refractivity contribution in [3.05, 3.63) is 60.2 Å². The van der Waals surface area contributed by atoms with E-state index in [2.05, 4.69) is 17.4 Å². The monoisotopic (exact) mass is 389 g/mol. The highest BCUT2D eigenvalue weighted by Gasteiger charge is 2.27. The van der Waals surface area contributed by atoms with Gasteiger partial charge in [0.25, 0.3) is 5.91 Å². The van der Waals surface area contributed by atoms with Crippen molar-refractivity contribution in [2.75, 3.05) is 19.6 Å². The van der Waals surface area contributed by atoms with Crippen LogP contribution in [0.3, 0.4) is 0 Å². The van der Waals surface area contributed by atoms with E-state index in [9.17, 15) is 4.79 Å². The van der Waals surface area contributed by atoms with E-state index in [0.717, 1.165) is 35.7 Å². The fourth-order valence-corrected chi connectivity index (χ4v) is 4.26. The fraction of sp³-hybridized carbons (Fsp3) is 0.375. The van der Waals surface area contributed by atoms with Crippen LogP contribution in [-0.2, 0) is 4.79 Å². The molecule has 1 atom stereocenters. The first-order valence-electron chi connectivity index (χ1n) is 10.6. The number of nitrogens with zero attached hydrogens (tertiary/aromatic N) is 2. The Kier molecular flexibility index (Phi) is 6.15. The van der Waals surface area contributed by atoms with Gasteiger partial charge in [0.05, 0.1) is 30.4 Å². The molecule has 2 aromatic rings. The molecule has 29 heavy (non-hydrogen) atoms. The Bertz CT molecular complexity index is 911. The third-order valence-corrected chi connectivity index (χ3v) is 5.73. The third kappa shape index (κ3) is 4.80. The standard InChI is InChI=1S/C24H28N4O/c1-18-23(19-11-5-4-6-12-19)24(26-21-14-8-7-13-20(21)25-18)27-22(29)17-28-15-9-2-3-10-16-28/h4-8,11-14,23H,2-3,9-10,15-17H2,1H3,(H,26,27,29)/p+1/t23-/m1/s1. The largest absolute Gasteiger partial charge is 0.327 e. The van der Waals surface area contributed by atoms with Crippen molar-refractivity contribution in [1.29, 1.82) is 0 Å². The summed E-state index contributed by atoms with van der Waals surface area (Å²) in [5.41, 5.74) is 3.65. The molecule has 5 heteroatoms. The zero-order chi connectivity index (χ0) is 20.1. The van der Waals surface area contributed by atoms with E-state index in [1.807, 2.05) is 49.4 Å². The summed E-state index contributed by atoms with van der Waals surface area (Å²) in [6, 6.07) is 18.0. The van der Waals surface area contributed by atoms with Gasteiger partial charge in [-0.15, -0.1) is 0 Å².